The summed E-state index contributed by atoms with van der Waals surface area (Å²) in [6.45, 7) is 0. The number of hydrogen-bond donors (Lipinski definition) is 1. The first kappa shape index (κ1) is 13.2. The molecule has 1 aliphatic heterocycles. The first-order chi connectivity index (χ1) is 10.3. The Morgan fingerprint density at radius 1 is 0.952 bits per heavy atom. The normalized spacial score (nSPS) is 20.7. The van der Waals surface area contributed by atoms with Gasteiger partial charge in [0.2, 0.25) is 0 Å². The molecular formula is C18H20N2S. The number of thioether (sulfide) groups is 1. The molecule has 1 heterocycles. The zero-order chi connectivity index (χ0) is 14.1. The lowest BCUT2D eigenvalue weighted by molar-refractivity contribution is 0.335. The van der Waals surface area contributed by atoms with Crippen molar-refractivity contribution in [3.05, 3.63) is 42.5 Å². The zero-order valence-electron chi connectivity index (χ0n) is 12.1. The third-order valence-electron chi connectivity index (χ3n) is 4.63. The van der Waals surface area contributed by atoms with Crippen LogP contribution in [0, 0.1) is 0 Å². The molecule has 1 saturated carbocycles. The Kier molecular flexibility index (Phi) is 3.38. The van der Waals surface area contributed by atoms with Crippen molar-refractivity contribution in [1.29, 1.82) is 0 Å². The van der Waals surface area contributed by atoms with Crippen LogP contribution in [0.25, 0.3) is 10.8 Å². The van der Waals surface area contributed by atoms with Crippen molar-refractivity contribution in [3.63, 3.8) is 0 Å². The van der Waals surface area contributed by atoms with Crippen LogP contribution >= 0.6 is 11.8 Å². The highest BCUT2D eigenvalue weighted by Gasteiger charge is 2.36. The van der Waals surface area contributed by atoms with Gasteiger partial charge >= 0.3 is 0 Å². The highest BCUT2D eigenvalue weighted by atomic mass is 32.2. The van der Waals surface area contributed by atoms with Gasteiger partial charge in [-0.25, -0.2) is 0 Å². The summed E-state index contributed by atoms with van der Waals surface area (Å²) in [6, 6.07) is 14.9. The Morgan fingerprint density at radius 3 is 2.67 bits per heavy atom. The minimum Gasteiger partial charge on any atom is -0.334 e. The van der Waals surface area contributed by atoms with Crippen LogP contribution in [0.1, 0.15) is 32.1 Å². The molecule has 0 unspecified atom stereocenters. The van der Waals surface area contributed by atoms with E-state index in [1.54, 1.807) is 0 Å². The van der Waals surface area contributed by atoms with Crippen LogP contribution in [0.5, 0.6) is 0 Å². The average Bonchev–Trinajstić information content (AvgIpc) is 2.91. The van der Waals surface area contributed by atoms with Gasteiger partial charge in [0.25, 0.3) is 0 Å². The van der Waals surface area contributed by atoms with Gasteiger partial charge in [0, 0.05) is 16.8 Å². The van der Waals surface area contributed by atoms with E-state index in [2.05, 4.69) is 47.8 Å². The van der Waals surface area contributed by atoms with Gasteiger partial charge < -0.3 is 5.32 Å². The van der Waals surface area contributed by atoms with E-state index in [-0.39, 0.29) is 5.54 Å². The summed E-state index contributed by atoms with van der Waals surface area (Å²) in [5.74, 6) is 1.15. The first-order valence-corrected chi connectivity index (χ1v) is 8.81. The largest absolute Gasteiger partial charge is 0.334 e. The number of amidine groups is 1. The Hall–Kier alpha value is -1.48. The van der Waals surface area contributed by atoms with Crippen LogP contribution in [-0.4, -0.2) is 16.5 Å². The number of nitrogens with one attached hydrogen (secondary N) is 1. The summed E-state index contributed by atoms with van der Waals surface area (Å²) in [4.78, 5) is 5.05. The van der Waals surface area contributed by atoms with Crippen LogP contribution in [0.3, 0.4) is 0 Å². The Bertz CT molecular complexity index is 681. The maximum absolute atomic E-state index is 5.05. The van der Waals surface area contributed by atoms with Crippen LogP contribution in [-0.2, 0) is 0 Å². The molecule has 1 spiro atoms. The molecule has 1 aliphatic carbocycles. The lowest BCUT2D eigenvalue weighted by Crippen LogP contribution is -2.29. The van der Waals surface area contributed by atoms with Gasteiger partial charge in [-0.2, -0.15) is 0 Å². The molecule has 21 heavy (non-hydrogen) atoms. The van der Waals surface area contributed by atoms with Crippen molar-refractivity contribution in [3.8, 4) is 0 Å². The lowest BCUT2D eigenvalue weighted by Gasteiger charge is -2.29. The monoisotopic (exact) mass is 296 g/mol. The van der Waals surface area contributed by atoms with Crippen LogP contribution in [0.2, 0.25) is 0 Å². The molecule has 108 valence electrons. The Labute approximate surface area is 130 Å². The van der Waals surface area contributed by atoms with Gasteiger partial charge in [-0.3, -0.25) is 4.99 Å². The minimum atomic E-state index is 0.232. The average molecular weight is 296 g/mol. The second-order valence-electron chi connectivity index (χ2n) is 6.14. The molecule has 3 heteroatoms. The van der Waals surface area contributed by atoms with Gasteiger partial charge in [0.1, 0.15) is 0 Å². The van der Waals surface area contributed by atoms with E-state index in [0.717, 1.165) is 10.9 Å². The molecule has 0 bridgehead atoms. The number of nitrogens with zero attached hydrogens (tertiary/aromatic N) is 1. The molecule has 0 amide bonds. The smallest absolute Gasteiger partial charge is 0.161 e. The Morgan fingerprint density at radius 2 is 1.76 bits per heavy atom. The molecule has 0 saturated heterocycles. The standard InChI is InChI=1S/C18H20N2S/c1-4-11-18(12-5-1)13-21-17(20-18)19-16-10-6-8-14-7-2-3-9-15(14)16/h2-3,6-10H,1,4-5,11-13H2,(H,19,20). The number of aliphatic imine (C=N–C) groups is 1. The summed E-state index contributed by atoms with van der Waals surface area (Å²) in [6.07, 6.45) is 6.59. The molecule has 2 aromatic rings. The van der Waals surface area contributed by atoms with Crippen molar-refractivity contribution in [2.24, 2.45) is 4.99 Å². The summed E-state index contributed by atoms with van der Waals surface area (Å²) in [7, 11) is 0. The lowest BCUT2D eigenvalue weighted by atomic mass is 9.84. The second kappa shape index (κ2) is 5.38. The quantitative estimate of drug-likeness (QED) is 0.795. The molecule has 0 radical (unpaired) electrons. The maximum Gasteiger partial charge on any atom is 0.161 e. The summed E-state index contributed by atoms with van der Waals surface area (Å²) >= 11 is 1.89. The number of hydrogen-bond acceptors (Lipinski definition) is 3. The predicted octanol–water partition coefficient (Wildman–Crippen LogP) is 5.06. The summed E-state index contributed by atoms with van der Waals surface area (Å²) in [5.41, 5.74) is 1.41. The second-order valence-corrected chi connectivity index (χ2v) is 7.11. The fourth-order valence-electron chi connectivity index (χ4n) is 3.46. The van der Waals surface area contributed by atoms with Gasteiger partial charge in [-0.15, -0.1) is 0 Å². The van der Waals surface area contributed by atoms with Crippen molar-refractivity contribution in [2.75, 3.05) is 11.1 Å². The van der Waals surface area contributed by atoms with Gasteiger partial charge in [-0.1, -0.05) is 67.4 Å². The molecule has 1 N–H and O–H groups in total. The van der Waals surface area contributed by atoms with E-state index < -0.39 is 0 Å². The molecule has 0 atom stereocenters. The zero-order valence-corrected chi connectivity index (χ0v) is 13.0. The van der Waals surface area contributed by atoms with E-state index in [1.807, 2.05) is 11.8 Å². The third kappa shape index (κ3) is 2.55. The fraction of sp³-hybridized carbons (Fsp3) is 0.389. The minimum absolute atomic E-state index is 0.232. The Balaban J connectivity index is 1.62. The van der Waals surface area contributed by atoms with E-state index in [9.17, 15) is 0 Å². The number of fused-ring (bicyclic) bond motifs is 1. The summed E-state index contributed by atoms with van der Waals surface area (Å²) < 4.78 is 0. The van der Waals surface area contributed by atoms with Crippen molar-refractivity contribution in [2.45, 2.75) is 37.6 Å². The van der Waals surface area contributed by atoms with E-state index in [1.165, 1.54) is 48.6 Å². The maximum atomic E-state index is 5.05. The fourth-order valence-corrected chi connectivity index (χ4v) is 4.66. The van der Waals surface area contributed by atoms with Gasteiger partial charge in [0.15, 0.2) is 5.17 Å². The highest BCUT2D eigenvalue weighted by molar-refractivity contribution is 8.14. The highest BCUT2D eigenvalue weighted by Crippen LogP contribution is 2.40. The SMILES string of the molecule is c1ccc2c(NC3=NC4(CCCCC4)CS3)cccc2c1. The molecule has 2 aliphatic rings. The molecule has 2 aromatic carbocycles. The predicted molar refractivity (Wildman–Crippen MR) is 93.3 cm³/mol. The first-order valence-electron chi connectivity index (χ1n) is 7.82. The van der Waals surface area contributed by atoms with Gasteiger partial charge in [-0.05, 0) is 24.3 Å². The van der Waals surface area contributed by atoms with Gasteiger partial charge in [0.05, 0.1) is 5.54 Å². The third-order valence-corrected chi connectivity index (χ3v) is 5.78. The van der Waals surface area contributed by atoms with Crippen LogP contribution < -0.4 is 5.32 Å². The topological polar surface area (TPSA) is 24.4 Å². The number of anilines is 1. The molecular weight excluding hydrogens is 276 g/mol. The van der Waals surface area contributed by atoms with E-state index >= 15 is 0 Å². The van der Waals surface area contributed by atoms with Crippen molar-refractivity contribution >= 4 is 33.4 Å². The summed E-state index contributed by atoms with van der Waals surface area (Å²) in [5, 5.41) is 7.22. The molecule has 2 nitrogen and oxygen atoms in total. The number of benzene rings is 2. The van der Waals surface area contributed by atoms with E-state index in [0.29, 0.717) is 0 Å². The van der Waals surface area contributed by atoms with Crippen molar-refractivity contribution < 1.29 is 0 Å². The van der Waals surface area contributed by atoms with Crippen LogP contribution in [0.4, 0.5) is 5.69 Å². The molecule has 4 rings (SSSR count). The molecule has 1 fully saturated rings. The number of rotatable bonds is 1. The van der Waals surface area contributed by atoms with E-state index in [4.69, 9.17) is 4.99 Å². The molecule has 0 aromatic heterocycles. The van der Waals surface area contributed by atoms with Crippen molar-refractivity contribution in [1.82, 2.24) is 0 Å². The van der Waals surface area contributed by atoms with Crippen LogP contribution in [0.15, 0.2) is 47.5 Å².